The fourth-order valence-electron chi connectivity index (χ4n) is 3.55. The first-order valence-electron chi connectivity index (χ1n) is 9.55. The van der Waals surface area contributed by atoms with Gasteiger partial charge in [-0.05, 0) is 68.9 Å². The molecule has 0 spiro atoms. The molecule has 6 nitrogen and oxygen atoms in total. The lowest BCUT2D eigenvalue weighted by molar-refractivity contribution is 0.167. The van der Waals surface area contributed by atoms with Crippen molar-refractivity contribution in [2.24, 2.45) is 0 Å². The molecule has 0 amide bonds. The van der Waals surface area contributed by atoms with Gasteiger partial charge in [0, 0.05) is 11.9 Å². The zero-order valence-electron chi connectivity index (χ0n) is 15.8. The third kappa shape index (κ3) is 3.79. The normalized spacial score (nSPS) is 15.9. The molecule has 3 heterocycles. The van der Waals surface area contributed by atoms with Crippen LogP contribution in [0.4, 0.5) is 0 Å². The number of benzene rings is 1. The molecule has 1 aromatic carbocycles. The zero-order chi connectivity index (χ0) is 19.3. The number of pyridine rings is 1. The molecule has 1 aliphatic rings. The fraction of sp³-hybridized carbons (Fsp3) is 0.333. The Morgan fingerprint density at radius 3 is 2.57 bits per heavy atom. The minimum absolute atomic E-state index is 0.168. The first kappa shape index (κ1) is 18.7. The van der Waals surface area contributed by atoms with E-state index in [9.17, 15) is 5.26 Å². The van der Waals surface area contributed by atoms with Crippen LogP contribution in [0.1, 0.15) is 43.6 Å². The minimum atomic E-state index is 0.168. The Bertz CT molecular complexity index is 972. The van der Waals surface area contributed by atoms with E-state index in [0.29, 0.717) is 10.6 Å². The van der Waals surface area contributed by atoms with E-state index >= 15 is 0 Å². The SMILES string of the molecule is CC(c1nnc(Sc2ncccc2C#N)n1-c1ccccc1)N1CCCCC1. The van der Waals surface area contributed by atoms with Crippen LogP contribution in [-0.2, 0) is 0 Å². The summed E-state index contributed by atoms with van der Waals surface area (Å²) in [5, 5.41) is 19.8. The van der Waals surface area contributed by atoms with Crippen molar-refractivity contribution in [2.75, 3.05) is 13.1 Å². The first-order valence-corrected chi connectivity index (χ1v) is 10.4. The van der Waals surface area contributed by atoms with E-state index in [-0.39, 0.29) is 6.04 Å². The van der Waals surface area contributed by atoms with Crippen LogP contribution in [0.3, 0.4) is 0 Å². The molecule has 1 unspecified atom stereocenters. The molecule has 142 valence electrons. The molecule has 0 N–H and O–H groups in total. The van der Waals surface area contributed by atoms with E-state index in [0.717, 1.165) is 29.8 Å². The summed E-state index contributed by atoms with van der Waals surface area (Å²) in [6, 6.07) is 16.1. The number of rotatable bonds is 5. The van der Waals surface area contributed by atoms with Crippen molar-refractivity contribution >= 4 is 11.8 Å². The summed E-state index contributed by atoms with van der Waals surface area (Å²) in [5.41, 5.74) is 1.56. The van der Waals surface area contributed by atoms with E-state index in [1.807, 2.05) is 18.2 Å². The summed E-state index contributed by atoms with van der Waals surface area (Å²) in [5.74, 6) is 0.921. The molecule has 1 saturated heterocycles. The number of aromatic nitrogens is 4. The highest BCUT2D eigenvalue weighted by Crippen LogP contribution is 2.33. The highest BCUT2D eigenvalue weighted by molar-refractivity contribution is 7.99. The Balaban J connectivity index is 1.75. The molecule has 0 radical (unpaired) electrons. The largest absolute Gasteiger partial charge is 0.294 e. The van der Waals surface area contributed by atoms with Crippen molar-refractivity contribution in [3.63, 3.8) is 0 Å². The third-order valence-corrected chi connectivity index (χ3v) is 6.03. The number of nitriles is 1. The topological polar surface area (TPSA) is 70.6 Å². The maximum Gasteiger partial charge on any atom is 0.202 e. The van der Waals surface area contributed by atoms with Crippen molar-refractivity contribution in [2.45, 2.75) is 42.4 Å². The predicted molar refractivity (Wildman–Crippen MR) is 108 cm³/mol. The number of hydrogen-bond donors (Lipinski definition) is 0. The molecule has 1 fully saturated rings. The summed E-state index contributed by atoms with van der Waals surface area (Å²) in [7, 11) is 0. The number of para-hydroxylation sites is 1. The lowest BCUT2D eigenvalue weighted by atomic mass is 10.1. The maximum atomic E-state index is 9.39. The van der Waals surface area contributed by atoms with Crippen LogP contribution in [0, 0.1) is 11.3 Å². The van der Waals surface area contributed by atoms with Gasteiger partial charge in [-0.1, -0.05) is 24.6 Å². The first-order chi connectivity index (χ1) is 13.8. The van der Waals surface area contributed by atoms with Gasteiger partial charge in [0.25, 0.3) is 0 Å². The van der Waals surface area contributed by atoms with Gasteiger partial charge in [0.2, 0.25) is 5.16 Å². The lowest BCUT2D eigenvalue weighted by Gasteiger charge is -2.31. The highest BCUT2D eigenvalue weighted by atomic mass is 32.2. The average Bonchev–Trinajstić information content (AvgIpc) is 3.18. The second-order valence-electron chi connectivity index (χ2n) is 6.85. The molecule has 3 aromatic rings. The third-order valence-electron chi connectivity index (χ3n) is 5.06. The highest BCUT2D eigenvalue weighted by Gasteiger charge is 2.26. The van der Waals surface area contributed by atoms with Crippen LogP contribution in [0.25, 0.3) is 5.69 Å². The average molecular weight is 391 g/mol. The molecule has 7 heteroatoms. The van der Waals surface area contributed by atoms with Crippen LogP contribution in [-0.4, -0.2) is 37.7 Å². The van der Waals surface area contributed by atoms with Crippen LogP contribution in [0.5, 0.6) is 0 Å². The fourth-order valence-corrected chi connectivity index (χ4v) is 4.43. The summed E-state index contributed by atoms with van der Waals surface area (Å²) >= 11 is 1.38. The van der Waals surface area contributed by atoms with Crippen LogP contribution in [0.2, 0.25) is 0 Å². The summed E-state index contributed by atoms with van der Waals surface area (Å²) in [6.07, 6.45) is 5.45. The van der Waals surface area contributed by atoms with Gasteiger partial charge >= 0.3 is 0 Å². The minimum Gasteiger partial charge on any atom is -0.294 e. The second-order valence-corrected chi connectivity index (χ2v) is 7.81. The van der Waals surface area contributed by atoms with Crippen molar-refractivity contribution in [1.29, 1.82) is 5.26 Å². The monoisotopic (exact) mass is 390 g/mol. The van der Waals surface area contributed by atoms with Crippen LogP contribution < -0.4 is 0 Å². The Kier molecular flexibility index (Phi) is 5.70. The zero-order valence-corrected chi connectivity index (χ0v) is 16.6. The standard InChI is InChI=1S/C21H22N6S/c1-16(26-13-6-3-7-14-26)19-24-25-21(27(19)18-10-4-2-5-11-18)28-20-17(15-22)9-8-12-23-20/h2,4-5,8-12,16H,3,6-7,13-14H2,1H3. The van der Waals surface area contributed by atoms with E-state index in [4.69, 9.17) is 0 Å². The van der Waals surface area contributed by atoms with Gasteiger partial charge in [-0.2, -0.15) is 5.26 Å². The number of likely N-dealkylation sites (tertiary alicyclic amines) is 1. The van der Waals surface area contributed by atoms with Gasteiger partial charge in [-0.15, -0.1) is 10.2 Å². The summed E-state index contributed by atoms with van der Waals surface area (Å²) in [4.78, 5) is 6.85. The van der Waals surface area contributed by atoms with Gasteiger partial charge in [0.1, 0.15) is 11.1 Å². The van der Waals surface area contributed by atoms with Gasteiger partial charge in [0.05, 0.1) is 11.6 Å². The molecular weight excluding hydrogens is 368 g/mol. The van der Waals surface area contributed by atoms with Crippen molar-refractivity contribution in [1.82, 2.24) is 24.6 Å². The van der Waals surface area contributed by atoms with Gasteiger partial charge < -0.3 is 0 Å². The predicted octanol–water partition coefficient (Wildman–Crippen LogP) is 4.23. The Hall–Kier alpha value is -2.69. The molecular formula is C21H22N6S. The Labute approximate surface area is 169 Å². The summed E-state index contributed by atoms with van der Waals surface area (Å²) < 4.78 is 2.10. The molecule has 2 aromatic heterocycles. The quantitative estimate of drug-likeness (QED) is 0.649. The molecule has 0 aliphatic carbocycles. The number of piperidine rings is 1. The molecule has 1 aliphatic heterocycles. The second kappa shape index (κ2) is 8.55. The Morgan fingerprint density at radius 2 is 1.82 bits per heavy atom. The Morgan fingerprint density at radius 1 is 1.04 bits per heavy atom. The van der Waals surface area contributed by atoms with Crippen LogP contribution >= 0.6 is 11.8 Å². The number of nitrogens with zero attached hydrogens (tertiary/aromatic N) is 6. The van der Waals surface area contributed by atoms with E-state index in [1.165, 1.54) is 31.0 Å². The van der Waals surface area contributed by atoms with Crippen molar-refractivity contribution in [3.8, 4) is 11.8 Å². The van der Waals surface area contributed by atoms with Gasteiger partial charge in [0.15, 0.2) is 5.82 Å². The van der Waals surface area contributed by atoms with E-state index in [1.54, 1.807) is 18.3 Å². The smallest absolute Gasteiger partial charge is 0.202 e. The molecule has 0 bridgehead atoms. The molecule has 4 rings (SSSR count). The van der Waals surface area contributed by atoms with Gasteiger partial charge in [-0.3, -0.25) is 9.47 Å². The summed E-state index contributed by atoms with van der Waals surface area (Å²) in [6.45, 7) is 4.37. The molecule has 28 heavy (non-hydrogen) atoms. The maximum absolute atomic E-state index is 9.39. The van der Waals surface area contributed by atoms with Gasteiger partial charge in [-0.25, -0.2) is 4.98 Å². The van der Waals surface area contributed by atoms with Crippen molar-refractivity contribution in [3.05, 3.63) is 60.0 Å². The van der Waals surface area contributed by atoms with Crippen LogP contribution in [0.15, 0.2) is 58.8 Å². The van der Waals surface area contributed by atoms with E-state index < -0.39 is 0 Å². The van der Waals surface area contributed by atoms with E-state index in [2.05, 4.69) is 49.8 Å². The lowest BCUT2D eigenvalue weighted by Crippen LogP contribution is -2.33. The van der Waals surface area contributed by atoms with Crippen molar-refractivity contribution < 1.29 is 0 Å². The molecule has 1 atom stereocenters. The molecule has 0 saturated carbocycles. The number of hydrogen-bond acceptors (Lipinski definition) is 6.